The summed E-state index contributed by atoms with van der Waals surface area (Å²) >= 11 is 1.43. The van der Waals surface area contributed by atoms with Crippen LogP contribution in [0.15, 0.2) is 22.5 Å². The Morgan fingerprint density at radius 1 is 1.53 bits per heavy atom. The summed E-state index contributed by atoms with van der Waals surface area (Å²) in [6.07, 6.45) is 0. The number of nitrogens with two attached hydrogens (primary N) is 1. The average molecular weight is 270 g/mol. The minimum absolute atomic E-state index is 0.489. The van der Waals surface area contributed by atoms with Crippen LogP contribution in [0.3, 0.4) is 0 Å². The van der Waals surface area contributed by atoms with Gasteiger partial charge in [-0.3, -0.25) is 4.21 Å². The molecule has 2 aromatic rings. The molecule has 92 valence electrons. The fourth-order valence-electron chi connectivity index (χ4n) is 1.38. The lowest BCUT2D eigenvalue weighted by Gasteiger charge is -1.98. The SMILES string of the molecule is CCOCCS(=O)c1nc2ccc(N)cc2s1. The highest BCUT2D eigenvalue weighted by atomic mass is 32.2. The molecule has 0 fully saturated rings. The average Bonchev–Trinajstić information content (AvgIpc) is 2.72. The zero-order valence-electron chi connectivity index (χ0n) is 9.51. The lowest BCUT2D eigenvalue weighted by Crippen LogP contribution is -2.05. The van der Waals surface area contributed by atoms with Crippen LogP contribution in [-0.4, -0.2) is 28.2 Å². The number of aromatic nitrogens is 1. The third kappa shape index (κ3) is 3.02. The van der Waals surface area contributed by atoms with Gasteiger partial charge in [0.05, 0.1) is 33.4 Å². The third-order valence-electron chi connectivity index (χ3n) is 2.20. The van der Waals surface area contributed by atoms with Crippen molar-refractivity contribution in [3.8, 4) is 0 Å². The highest BCUT2D eigenvalue weighted by Crippen LogP contribution is 2.26. The number of ether oxygens (including phenoxy) is 1. The third-order valence-corrected chi connectivity index (χ3v) is 4.84. The zero-order valence-corrected chi connectivity index (χ0v) is 11.1. The second-order valence-corrected chi connectivity index (χ2v) is 6.23. The van der Waals surface area contributed by atoms with Gasteiger partial charge in [-0.1, -0.05) is 0 Å². The molecular weight excluding hydrogens is 256 g/mol. The van der Waals surface area contributed by atoms with Crippen LogP contribution in [0.25, 0.3) is 10.2 Å². The van der Waals surface area contributed by atoms with Crippen molar-refractivity contribution >= 4 is 38.0 Å². The molecule has 0 spiro atoms. The number of rotatable bonds is 5. The van der Waals surface area contributed by atoms with Gasteiger partial charge in [-0.25, -0.2) is 4.98 Å². The van der Waals surface area contributed by atoms with E-state index in [0.717, 1.165) is 10.2 Å². The van der Waals surface area contributed by atoms with Crippen molar-refractivity contribution in [1.29, 1.82) is 0 Å². The molecule has 1 aromatic heterocycles. The minimum atomic E-state index is -1.08. The molecule has 4 nitrogen and oxygen atoms in total. The summed E-state index contributed by atoms with van der Waals surface area (Å²) in [5.41, 5.74) is 7.24. The predicted octanol–water partition coefficient (Wildman–Crippen LogP) is 2.02. The number of hydrogen-bond donors (Lipinski definition) is 1. The van der Waals surface area contributed by atoms with E-state index in [1.807, 2.05) is 19.1 Å². The van der Waals surface area contributed by atoms with Crippen LogP contribution < -0.4 is 5.73 Å². The number of nitrogen functional groups attached to an aromatic ring is 1. The fourth-order valence-corrected chi connectivity index (χ4v) is 3.66. The highest BCUT2D eigenvalue weighted by Gasteiger charge is 2.10. The molecule has 1 heterocycles. The maximum Gasteiger partial charge on any atom is 0.181 e. The Balaban J connectivity index is 2.15. The van der Waals surface area contributed by atoms with Crippen LogP contribution in [-0.2, 0) is 15.5 Å². The van der Waals surface area contributed by atoms with E-state index in [4.69, 9.17) is 10.5 Å². The summed E-state index contributed by atoms with van der Waals surface area (Å²) in [6.45, 7) is 3.07. The van der Waals surface area contributed by atoms with Gasteiger partial charge in [-0.05, 0) is 25.1 Å². The quantitative estimate of drug-likeness (QED) is 0.667. The Morgan fingerprint density at radius 3 is 3.12 bits per heavy atom. The smallest absolute Gasteiger partial charge is 0.181 e. The molecule has 0 radical (unpaired) electrons. The molecule has 0 amide bonds. The number of hydrogen-bond acceptors (Lipinski definition) is 5. The van der Waals surface area contributed by atoms with Gasteiger partial charge in [0, 0.05) is 12.3 Å². The van der Waals surface area contributed by atoms with Gasteiger partial charge in [-0.15, -0.1) is 11.3 Å². The molecule has 0 aliphatic rings. The Morgan fingerprint density at radius 2 is 2.35 bits per heavy atom. The normalized spacial score (nSPS) is 13.0. The van der Waals surface area contributed by atoms with Crippen molar-refractivity contribution < 1.29 is 8.95 Å². The van der Waals surface area contributed by atoms with Gasteiger partial charge in [0.25, 0.3) is 0 Å². The molecule has 1 aromatic carbocycles. The van der Waals surface area contributed by atoms with E-state index in [-0.39, 0.29) is 0 Å². The summed E-state index contributed by atoms with van der Waals surface area (Å²) in [5, 5.41) is 0. The lowest BCUT2D eigenvalue weighted by atomic mass is 10.3. The van der Waals surface area contributed by atoms with E-state index < -0.39 is 10.8 Å². The van der Waals surface area contributed by atoms with Crippen LogP contribution in [0.5, 0.6) is 0 Å². The first-order chi connectivity index (χ1) is 8.20. The molecule has 1 unspecified atom stereocenters. The second kappa shape index (κ2) is 5.57. The minimum Gasteiger partial charge on any atom is -0.399 e. The van der Waals surface area contributed by atoms with E-state index in [9.17, 15) is 4.21 Å². The van der Waals surface area contributed by atoms with Gasteiger partial charge in [0.1, 0.15) is 0 Å². The topological polar surface area (TPSA) is 65.2 Å². The standard InChI is InChI=1S/C11H14N2O2S2/c1-2-15-5-6-17(14)11-13-9-4-3-8(12)7-10(9)16-11/h3-4,7H,2,5-6,12H2,1H3. The number of thiazole rings is 1. The summed E-state index contributed by atoms with van der Waals surface area (Å²) in [6, 6.07) is 5.51. The van der Waals surface area contributed by atoms with Crippen molar-refractivity contribution in [2.45, 2.75) is 11.3 Å². The highest BCUT2D eigenvalue weighted by molar-refractivity contribution is 7.87. The van der Waals surface area contributed by atoms with E-state index >= 15 is 0 Å². The predicted molar refractivity (Wildman–Crippen MR) is 71.8 cm³/mol. The summed E-state index contributed by atoms with van der Waals surface area (Å²) in [4.78, 5) is 4.34. The first-order valence-electron chi connectivity index (χ1n) is 5.33. The van der Waals surface area contributed by atoms with Crippen molar-refractivity contribution in [1.82, 2.24) is 4.98 Å². The molecule has 17 heavy (non-hydrogen) atoms. The van der Waals surface area contributed by atoms with Crippen molar-refractivity contribution in [3.63, 3.8) is 0 Å². The zero-order chi connectivity index (χ0) is 12.3. The van der Waals surface area contributed by atoms with Crippen LogP contribution in [0, 0.1) is 0 Å². The van der Waals surface area contributed by atoms with Crippen molar-refractivity contribution in [2.75, 3.05) is 24.7 Å². The van der Waals surface area contributed by atoms with E-state index in [1.54, 1.807) is 6.07 Å². The van der Waals surface area contributed by atoms with Gasteiger partial charge >= 0.3 is 0 Å². The largest absolute Gasteiger partial charge is 0.399 e. The van der Waals surface area contributed by atoms with Gasteiger partial charge in [0.2, 0.25) is 0 Å². The Kier molecular flexibility index (Phi) is 4.09. The van der Waals surface area contributed by atoms with Crippen LogP contribution in [0.1, 0.15) is 6.92 Å². The number of anilines is 1. The van der Waals surface area contributed by atoms with Crippen LogP contribution >= 0.6 is 11.3 Å². The molecule has 0 aliphatic carbocycles. The molecule has 0 bridgehead atoms. The maximum absolute atomic E-state index is 11.9. The van der Waals surface area contributed by atoms with Gasteiger partial charge in [0.15, 0.2) is 4.34 Å². The van der Waals surface area contributed by atoms with Gasteiger partial charge < -0.3 is 10.5 Å². The van der Waals surface area contributed by atoms with Crippen LogP contribution in [0.2, 0.25) is 0 Å². The molecular formula is C11H14N2O2S2. The molecule has 1 atom stereocenters. The Bertz CT molecular complexity index is 539. The second-order valence-electron chi connectivity index (χ2n) is 3.45. The maximum atomic E-state index is 11.9. The fraction of sp³-hybridized carbons (Fsp3) is 0.364. The summed E-state index contributed by atoms with van der Waals surface area (Å²) in [5.74, 6) is 0.489. The number of benzene rings is 1. The molecule has 0 saturated carbocycles. The molecule has 0 saturated heterocycles. The van der Waals surface area contributed by atoms with E-state index in [1.165, 1.54) is 11.3 Å². The Labute approximate surface area is 106 Å². The summed E-state index contributed by atoms with van der Waals surface area (Å²) < 4.78 is 18.7. The Hall–Kier alpha value is -0.980. The number of fused-ring (bicyclic) bond motifs is 1. The van der Waals surface area contributed by atoms with E-state index in [2.05, 4.69) is 4.98 Å². The molecule has 0 aliphatic heterocycles. The first-order valence-corrected chi connectivity index (χ1v) is 7.46. The van der Waals surface area contributed by atoms with E-state index in [0.29, 0.717) is 29.0 Å². The van der Waals surface area contributed by atoms with Crippen LogP contribution in [0.4, 0.5) is 5.69 Å². The molecule has 2 rings (SSSR count). The summed E-state index contributed by atoms with van der Waals surface area (Å²) in [7, 11) is -1.08. The van der Waals surface area contributed by atoms with Gasteiger partial charge in [-0.2, -0.15) is 0 Å². The monoisotopic (exact) mass is 270 g/mol. The first kappa shape index (κ1) is 12.5. The lowest BCUT2D eigenvalue weighted by molar-refractivity contribution is 0.164. The molecule has 6 heteroatoms. The van der Waals surface area contributed by atoms with Crippen molar-refractivity contribution in [3.05, 3.63) is 18.2 Å². The van der Waals surface area contributed by atoms with Crippen molar-refractivity contribution in [2.24, 2.45) is 0 Å². The molecule has 2 N–H and O–H groups in total. The number of nitrogens with zero attached hydrogens (tertiary/aromatic N) is 1.